The second kappa shape index (κ2) is 9.32. The fourth-order valence-corrected chi connectivity index (χ4v) is 4.67. The first-order valence-corrected chi connectivity index (χ1v) is 11.8. The van der Waals surface area contributed by atoms with Crippen LogP contribution in [0.15, 0.2) is 76.7 Å². The molecule has 0 radical (unpaired) electrons. The van der Waals surface area contributed by atoms with Gasteiger partial charge in [0.05, 0.1) is 46.9 Å². The summed E-state index contributed by atoms with van der Waals surface area (Å²) in [4.78, 5) is 38.1. The van der Waals surface area contributed by atoms with E-state index < -0.39 is 5.97 Å². The number of aromatic nitrogens is 4. The molecule has 34 heavy (non-hydrogen) atoms. The molecule has 5 aromatic rings. The van der Waals surface area contributed by atoms with Crippen LogP contribution in [0.2, 0.25) is 5.02 Å². The van der Waals surface area contributed by atoms with Crippen molar-refractivity contribution in [1.82, 2.24) is 19.5 Å². The van der Waals surface area contributed by atoms with Gasteiger partial charge in [0, 0.05) is 5.02 Å². The number of nitrogens with zero attached hydrogens (tertiary/aromatic N) is 3. The van der Waals surface area contributed by atoms with Gasteiger partial charge in [-0.3, -0.25) is 9.36 Å². The van der Waals surface area contributed by atoms with Crippen LogP contribution >= 0.6 is 23.4 Å². The smallest absolute Gasteiger partial charge is 0.337 e. The number of imidazole rings is 1. The summed E-state index contributed by atoms with van der Waals surface area (Å²) >= 11 is 7.43. The molecule has 170 valence electrons. The first kappa shape index (κ1) is 22.2. The lowest BCUT2D eigenvalue weighted by Crippen LogP contribution is -2.24. The van der Waals surface area contributed by atoms with Crippen molar-refractivity contribution in [3.05, 3.63) is 99.1 Å². The van der Waals surface area contributed by atoms with Crippen LogP contribution < -0.4 is 5.56 Å². The SMILES string of the molecule is COC(=O)c1ccc2c(=O)n(Cc3ccc(Cl)cc3)c(SCc3nc4ccccc4[nH]3)nc2c1. The summed E-state index contributed by atoms with van der Waals surface area (Å²) in [6.45, 7) is 0.333. The zero-order valence-electron chi connectivity index (χ0n) is 18.1. The summed E-state index contributed by atoms with van der Waals surface area (Å²) in [6.07, 6.45) is 0. The zero-order chi connectivity index (χ0) is 23.7. The van der Waals surface area contributed by atoms with Crippen LogP contribution in [0.3, 0.4) is 0 Å². The molecule has 0 atom stereocenters. The van der Waals surface area contributed by atoms with Crippen LogP contribution in [0.4, 0.5) is 0 Å². The maximum absolute atomic E-state index is 13.5. The predicted octanol–water partition coefficient (Wildman–Crippen LogP) is 5.05. The zero-order valence-corrected chi connectivity index (χ0v) is 19.7. The number of rotatable bonds is 6. The van der Waals surface area contributed by atoms with Crippen LogP contribution in [0.5, 0.6) is 0 Å². The summed E-state index contributed by atoms with van der Waals surface area (Å²) in [6, 6.07) is 19.9. The Morgan fingerprint density at radius 2 is 1.85 bits per heavy atom. The molecule has 2 heterocycles. The van der Waals surface area contributed by atoms with E-state index in [-0.39, 0.29) is 5.56 Å². The third-order valence-corrected chi connectivity index (χ3v) is 6.61. The fraction of sp³-hybridized carbons (Fsp3) is 0.120. The van der Waals surface area contributed by atoms with E-state index in [9.17, 15) is 9.59 Å². The Morgan fingerprint density at radius 1 is 1.06 bits per heavy atom. The van der Waals surface area contributed by atoms with Crippen molar-refractivity contribution in [2.45, 2.75) is 17.5 Å². The standard InChI is InChI=1S/C25H19ClN4O3S/c1-33-24(32)16-8-11-18-21(12-16)29-25(30(23(18)31)13-15-6-9-17(26)10-7-15)34-14-22-27-19-4-2-3-5-20(19)28-22/h2-12H,13-14H2,1H3,(H,27,28). The third kappa shape index (κ3) is 4.42. The molecule has 7 nitrogen and oxygen atoms in total. The predicted molar refractivity (Wildman–Crippen MR) is 134 cm³/mol. The van der Waals surface area contributed by atoms with E-state index in [0.29, 0.717) is 38.9 Å². The number of methoxy groups -OCH3 is 1. The molecule has 2 aromatic heterocycles. The average Bonchev–Trinajstić information content (AvgIpc) is 3.28. The van der Waals surface area contributed by atoms with E-state index in [1.54, 1.807) is 34.9 Å². The highest BCUT2D eigenvalue weighted by atomic mass is 35.5. The van der Waals surface area contributed by atoms with E-state index in [2.05, 4.69) is 9.97 Å². The molecule has 9 heteroatoms. The van der Waals surface area contributed by atoms with E-state index in [1.165, 1.54) is 18.9 Å². The van der Waals surface area contributed by atoms with Gasteiger partial charge in [-0.15, -0.1) is 0 Å². The molecule has 0 aliphatic rings. The van der Waals surface area contributed by atoms with Gasteiger partial charge in [-0.05, 0) is 48.0 Å². The Kier molecular flexibility index (Phi) is 6.08. The number of esters is 1. The molecule has 0 bridgehead atoms. The van der Waals surface area contributed by atoms with Crippen molar-refractivity contribution < 1.29 is 9.53 Å². The number of nitrogens with one attached hydrogen (secondary N) is 1. The molecule has 0 saturated carbocycles. The van der Waals surface area contributed by atoms with Crippen LogP contribution in [-0.2, 0) is 17.0 Å². The largest absolute Gasteiger partial charge is 0.465 e. The number of benzene rings is 3. The van der Waals surface area contributed by atoms with E-state index in [1.807, 2.05) is 36.4 Å². The lowest BCUT2D eigenvalue weighted by molar-refractivity contribution is 0.0601. The van der Waals surface area contributed by atoms with Crippen LogP contribution in [0.1, 0.15) is 21.7 Å². The fourth-order valence-electron chi connectivity index (χ4n) is 3.67. The van der Waals surface area contributed by atoms with Crippen molar-refractivity contribution in [2.24, 2.45) is 0 Å². The number of halogens is 1. The normalized spacial score (nSPS) is 11.2. The number of thioether (sulfide) groups is 1. The maximum atomic E-state index is 13.5. The monoisotopic (exact) mass is 490 g/mol. The molecule has 0 saturated heterocycles. The molecule has 0 aliphatic carbocycles. The Balaban J connectivity index is 1.56. The lowest BCUT2D eigenvalue weighted by atomic mass is 10.1. The van der Waals surface area contributed by atoms with Gasteiger partial charge in [0.1, 0.15) is 5.82 Å². The van der Waals surface area contributed by atoms with Crippen LogP contribution in [-0.4, -0.2) is 32.6 Å². The summed E-state index contributed by atoms with van der Waals surface area (Å²) in [7, 11) is 1.32. The van der Waals surface area contributed by atoms with Crippen molar-refractivity contribution in [3.63, 3.8) is 0 Å². The minimum atomic E-state index is -0.481. The first-order chi connectivity index (χ1) is 16.5. The molecule has 1 N–H and O–H groups in total. The minimum Gasteiger partial charge on any atom is -0.465 e. The second-order valence-electron chi connectivity index (χ2n) is 7.62. The van der Waals surface area contributed by atoms with Gasteiger partial charge in [0.15, 0.2) is 5.16 Å². The number of carbonyl (C=O) groups excluding carboxylic acids is 1. The Labute approximate surface area is 203 Å². The molecule has 0 fully saturated rings. The molecule has 5 rings (SSSR count). The highest BCUT2D eigenvalue weighted by Gasteiger charge is 2.16. The van der Waals surface area contributed by atoms with E-state index in [4.69, 9.17) is 21.3 Å². The number of aromatic amines is 1. The van der Waals surface area contributed by atoms with Crippen molar-refractivity contribution >= 4 is 51.3 Å². The Morgan fingerprint density at radius 3 is 2.62 bits per heavy atom. The molecule has 0 unspecified atom stereocenters. The molecule has 0 aliphatic heterocycles. The van der Waals surface area contributed by atoms with Gasteiger partial charge in [0.2, 0.25) is 0 Å². The van der Waals surface area contributed by atoms with Gasteiger partial charge < -0.3 is 9.72 Å². The Bertz CT molecular complexity index is 1540. The van der Waals surface area contributed by atoms with Gasteiger partial charge in [-0.25, -0.2) is 14.8 Å². The number of hydrogen-bond donors (Lipinski definition) is 1. The number of para-hydroxylation sites is 2. The van der Waals surface area contributed by atoms with Gasteiger partial charge >= 0.3 is 5.97 Å². The summed E-state index contributed by atoms with van der Waals surface area (Å²) in [5.41, 5.74) is 3.34. The highest BCUT2D eigenvalue weighted by Crippen LogP contribution is 2.24. The molecule has 0 spiro atoms. The van der Waals surface area contributed by atoms with Crippen molar-refractivity contribution in [1.29, 1.82) is 0 Å². The number of hydrogen-bond acceptors (Lipinski definition) is 6. The van der Waals surface area contributed by atoms with Gasteiger partial charge in [-0.2, -0.15) is 0 Å². The average molecular weight is 491 g/mol. The molecule has 0 amide bonds. The van der Waals surface area contributed by atoms with E-state index >= 15 is 0 Å². The van der Waals surface area contributed by atoms with Crippen LogP contribution in [0.25, 0.3) is 21.9 Å². The van der Waals surface area contributed by atoms with Crippen molar-refractivity contribution in [3.8, 4) is 0 Å². The summed E-state index contributed by atoms with van der Waals surface area (Å²) in [5.74, 6) is 0.789. The quantitative estimate of drug-likeness (QED) is 0.203. The third-order valence-electron chi connectivity index (χ3n) is 5.37. The number of H-pyrrole nitrogens is 1. The summed E-state index contributed by atoms with van der Waals surface area (Å²) in [5, 5.41) is 1.58. The molecular formula is C25H19ClN4O3S. The topological polar surface area (TPSA) is 89.9 Å². The first-order valence-electron chi connectivity index (χ1n) is 10.5. The second-order valence-corrected chi connectivity index (χ2v) is 9.00. The van der Waals surface area contributed by atoms with Crippen molar-refractivity contribution in [2.75, 3.05) is 7.11 Å². The Hall–Kier alpha value is -3.62. The van der Waals surface area contributed by atoms with Gasteiger partial charge in [-0.1, -0.05) is 47.6 Å². The molecular weight excluding hydrogens is 472 g/mol. The number of ether oxygens (including phenoxy) is 1. The highest BCUT2D eigenvalue weighted by molar-refractivity contribution is 7.98. The van der Waals surface area contributed by atoms with Gasteiger partial charge in [0.25, 0.3) is 5.56 Å². The minimum absolute atomic E-state index is 0.191. The number of fused-ring (bicyclic) bond motifs is 2. The number of carbonyl (C=O) groups is 1. The maximum Gasteiger partial charge on any atom is 0.337 e. The molecule has 3 aromatic carbocycles. The van der Waals surface area contributed by atoms with E-state index in [0.717, 1.165) is 22.4 Å². The van der Waals surface area contributed by atoms with Crippen LogP contribution in [0, 0.1) is 0 Å². The summed E-state index contributed by atoms with van der Waals surface area (Å²) < 4.78 is 6.45. The lowest BCUT2D eigenvalue weighted by Gasteiger charge is -2.13.